The van der Waals surface area contributed by atoms with E-state index in [0.717, 1.165) is 12.5 Å². The van der Waals surface area contributed by atoms with Crippen LogP contribution in [0.15, 0.2) is 0 Å². The summed E-state index contributed by atoms with van der Waals surface area (Å²) < 4.78 is 0. The fourth-order valence-corrected chi connectivity index (χ4v) is 1.92. The molecule has 0 heterocycles. The summed E-state index contributed by atoms with van der Waals surface area (Å²) in [5.41, 5.74) is 5.83. The van der Waals surface area contributed by atoms with Crippen LogP contribution < -0.4 is 5.73 Å². The fourth-order valence-electron chi connectivity index (χ4n) is 1.92. The van der Waals surface area contributed by atoms with E-state index in [-0.39, 0.29) is 0 Å². The van der Waals surface area contributed by atoms with Crippen LogP contribution in [-0.2, 0) is 0 Å². The molecule has 0 aliphatic carbocycles. The van der Waals surface area contributed by atoms with Crippen LogP contribution >= 0.6 is 0 Å². The minimum absolute atomic E-state index is 0.588. The predicted octanol–water partition coefficient (Wildman–Crippen LogP) is 2.87. The Bertz CT molecular complexity index is 136. The quantitative estimate of drug-likeness (QED) is 0.598. The van der Waals surface area contributed by atoms with Gasteiger partial charge in [-0.25, -0.2) is 0 Å². The second-order valence-electron chi connectivity index (χ2n) is 4.84. The zero-order valence-electron chi connectivity index (χ0n) is 11.1. The van der Waals surface area contributed by atoms with Crippen LogP contribution in [0.2, 0.25) is 0 Å². The molecule has 0 aliphatic heterocycles. The van der Waals surface area contributed by atoms with Gasteiger partial charge in [0.2, 0.25) is 0 Å². The number of hydrogen-bond donors (Lipinski definition) is 1. The fraction of sp³-hybridized carbons (Fsp3) is 1.00. The van der Waals surface area contributed by atoms with Crippen molar-refractivity contribution < 1.29 is 0 Å². The summed E-state index contributed by atoms with van der Waals surface area (Å²) in [4.78, 5) is 2.45. The molecule has 0 aliphatic rings. The van der Waals surface area contributed by atoms with Gasteiger partial charge in [0, 0.05) is 19.1 Å². The van der Waals surface area contributed by atoms with Gasteiger partial charge in [0.1, 0.15) is 0 Å². The van der Waals surface area contributed by atoms with Crippen molar-refractivity contribution in [2.24, 2.45) is 11.7 Å². The predicted molar refractivity (Wildman–Crippen MR) is 69.1 cm³/mol. The van der Waals surface area contributed by atoms with E-state index in [4.69, 9.17) is 5.73 Å². The van der Waals surface area contributed by atoms with Crippen molar-refractivity contribution in [2.45, 2.75) is 58.9 Å². The van der Waals surface area contributed by atoms with Crippen LogP contribution in [0.4, 0.5) is 0 Å². The number of nitrogens with two attached hydrogens (primary N) is 1. The Labute approximate surface area is 96.2 Å². The van der Waals surface area contributed by atoms with E-state index in [2.05, 4.69) is 32.7 Å². The number of hydrogen-bond acceptors (Lipinski definition) is 2. The maximum atomic E-state index is 5.83. The Kier molecular flexibility index (Phi) is 9.12. The molecular weight excluding hydrogens is 184 g/mol. The summed E-state index contributed by atoms with van der Waals surface area (Å²) in [7, 11) is 2.22. The van der Waals surface area contributed by atoms with Gasteiger partial charge in [-0.2, -0.15) is 0 Å². The average molecular weight is 214 g/mol. The molecule has 0 rings (SSSR count). The molecule has 0 fully saturated rings. The molecule has 0 saturated heterocycles. The van der Waals surface area contributed by atoms with E-state index in [1.54, 1.807) is 0 Å². The molecule has 0 spiro atoms. The lowest BCUT2D eigenvalue weighted by Gasteiger charge is -2.29. The highest BCUT2D eigenvalue weighted by Crippen LogP contribution is 2.11. The molecule has 0 bridgehead atoms. The largest absolute Gasteiger partial charge is 0.329 e. The topological polar surface area (TPSA) is 29.3 Å². The minimum Gasteiger partial charge on any atom is -0.329 e. The van der Waals surface area contributed by atoms with Crippen molar-refractivity contribution in [1.29, 1.82) is 0 Å². The standard InChI is InChI=1S/C13H30N2/c1-5-7-8-9-13(10-14)15(4)11-12(3)6-2/h12-13H,5-11,14H2,1-4H3. The summed E-state index contributed by atoms with van der Waals surface area (Å²) in [6.45, 7) is 8.81. The van der Waals surface area contributed by atoms with Crippen molar-refractivity contribution in [3.05, 3.63) is 0 Å². The van der Waals surface area contributed by atoms with Gasteiger partial charge in [-0.15, -0.1) is 0 Å². The van der Waals surface area contributed by atoms with E-state index in [1.165, 1.54) is 38.6 Å². The second kappa shape index (κ2) is 9.17. The van der Waals surface area contributed by atoms with E-state index >= 15 is 0 Å². The Morgan fingerprint density at radius 2 is 1.87 bits per heavy atom. The molecule has 0 saturated carbocycles. The van der Waals surface area contributed by atoms with Crippen LogP contribution in [0, 0.1) is 5.92 Å². The monoisotopic (exact) mass is 214 g/mol. The lowest BCUT2D eigenvalue weighted by Crippen LogP contribution is -2.40. The Hall–Kier alpha value is -0.0800. The summed E-state index contributed by atoms with van der Waals surface area (Å²) >= 11 is 0. The Balaban J connectivity index is 3.81. The number of nitrogens with zero attached hydrogens (tertiary/aromatic N) is 1. The van der Waals surface area contributed by atoms with Crippen LogP contribution in [0.1, 0.15) is 52.9 Å². The SMILES string of the molecule is CCCCCC(CN)N(C)CC(C)CC. The van der Waals surface area contributed by atoms with Gasteiger partial charge < -0.3 is 10.6 Å². The zero-order chi connectivity index (χ0) is 11.7. The highest BCUT2D eigenvalue weighted by Gasteiger charge is 2.14. The molecule has 0 aromatic heterocycles. The molecule has 0 aromatic carbocycles. The van der Waals surface area contributed by atoms with Gasteiger partial charge in [-0.3, -0.25) is 0 Å². The average Bonchev–Trinajstić information content (AvgIpc) is 2.24. The van der Waals surface area contributed by atoms with Gasteiger partial charge in [-0.05, 0) is 19.4 Å². The first kappa shape index (κ1) is 14.9. The number of rotatable bonds is 9. The molecule has 2 atom stereocenters. The molecule has 0 amide bonds. The summed E-state index contributed by atoms with van der Waals surface area (Å²) in [5.74, 6) is 0.787. The first-order chi connectivity index (χ1) is 7.15. The first-order valence-electron chi connectivity index (χ1n) is 6.55. The van der Waals surface area contributed by atoms with Gasteiger partial charge in [0.15, 0.2) is 0 Å². The number of unbranched alkanes of at least 4 members (excludes halogenated alkanes) is 2. The van der Waals surface area contributed by atoms with E-state index in [9.17, 15) is 0 Å². The van der Waals surface area contributed by atoms with E-state index in [0.29, 0.717) is 6.04 Å². The van der Waals surface area contributed by atoms with E-state index < -0.39 is 0 Å². The lowest BCUT2D eigenvalue weighted by molar-refractivity contribution is 0.201. The summed E-state index contributed by atoms with van der Waals surface area (Å²) in [5, 5.41) is 0. The van der Waals surface area contributed by atoms with Gasteiger partial charge >= 0.3 is 0 Å². The maximum absolute atomic E-state index is 5.83. The molecule has 15 heavy (non-hydrogen) atoms. The molecule has 2 heteroatoms. The van der Waals surface area contributed by atoms with Crippen LogP contribution in [0.3, 0.4) is 0 Å². The smallest absolute Gasteiger partial charge is 0.0215 e. The van der Waals surface area contributed by atoms with Crippen LogP contribution in [-0.4, -0.2) is 31.1 Å². The van der Waals surface area contributed by atoms with Crippen molar-refractivity contribution in [3.8, 4) is 0 Å². The molecule has 92 valence electrons. The van der Waals surface area contributed by atoms with Crippen molar-refractivity contribution >= 4 is 0 Å². The third kappa shape index (κ3) is 6.91. The maximum Gasteiger partial charge on any atom is 0.0215 e. The first-order valence-corrected chi connectivity index (χ1v) is 6.55. The van der Waals surface area contributed by atoms with Gasteiger partial charge in [0.25, 0.3) is 0 Å². The normalized spacial score (nSPS) is 15.6. The second-order valence-corrected chi connectivity index (χ2v) is 4.84. The highest BCUT2D eigenvalue weighted by molar-refractivity contribution is 4.71. The number of likely N-dealkylation sites (N-methyl/N-ethyl adjacent to an activating group) is 1. The van der Waals surface area contributed by atoms with Crippen LogP contribution in [0.25, 0.3) is 0 Å². The lowest BCUT2D eigenvalue weighted by atomic mass is 10.0. The summed E-state index contributed by atoms with van der Waals surface area (Å²) in [6.07, 6.45) is 6.48. The minimum atomic E-state index is 0.588. The Morgan fingerprint density at radius 1 is 1.20 bits per heavy atom. The van der Waals surface area contributed by atoms with Crippen LogP contribution in [0.5, 0.6) is 0 Å². The van der Waals surface area contributed by atoms with Crippen molar-refractivity contribution in [2.75, 3.05) is 20.1 Å². The molecule has 0 aromatic rings. The van der Waals surface area contributed by atoms with Gasteiger partial charge in [0.05, 0.1) is 0 Å². The molecular formula is C13H30N2. The third-order valence-corrected chi connectivity index (χ3v) is 3.33. The van der Waals surface area contributed by atoms with Crippen molar-refractivity contribution in [3.63, 3.8) is 0 Å². The molecule has 0 radical (unpaired) electrons. The van der Waals surface area contributed by atoms with Crippen molar-refractivity contribution in [1.82, 2.24) is 4.90 Å². The molecule has 2 N–H and O–H groups in total. The Morgan fingerprint density at radius 3 is 2.33 bits per heavy atom. The zero-order valence-corrected chi connectivity index (χ0v) is 11.1. The molecule has 2 nitrogen and oxygen atoms in total. The molecule has 2 unspecified atom stereocenters. The van der Waals surface area contributed by atoms with Gasteiger partial charge in [-0.1, -0.05) is 46.5 Å². The third-order valence-electron chi connectivity index (χ3n) is 3.33. The van der Waals surface area contributed by atoms with E-state index in [1.807, 2.05) is 0 Å². The summed E-state index contributed by atoms with van der Waals surface area (Å²) in [6, 6.07) is 0.588. The highest BCUT2D eigenvalue weighted by atomic mass is 15.1.